The lowest BCUT2D eigenvalue weighted by atomic mass is 9.95. The largest absolute Gasteiger partial charge is 0.369 e. The van der Waals surface area contributed by atoms with Crippen molar-refractivity contribution >= 4 is 27.0 Å². The van der Waals surface area contributed by atoms with Gasteiger partial charge >= 0.3 is 0 Å². The molecule has 4 nitrogen and oxygen atoms in total. The number of piperazine rings is 1. The molecule has 0 amide bonds. The van der Waals surface area contributed by atoms with Crippen molar-refractivity contribution in [2.45, 2.75) is 30.4 Å². The van der Waals surface area contributed by atoms with Crippen LogP contribution in [0.2, 0.25) is 0 Å². The summed E-state index contributed by atoms with van der Waals surface area (Å²) in [4.78, 5) is 3.15. The number of halogens is 1. The van der Waals surface area contributed by atoms with Gasteiger partial charge in [-0.1, -0.05) is 20.8 Å². The first-order valence-electron chi connectivity index (χ1n) is 8.29. The molecule has 0 bridgehead atoms. The van der Waals surface area contributed by atoms with E-state index >= 15 is 0 Å². The lowest BCUT2D eigenvalue weighted by Crippen LogP contribution is -2.48. The van der Waals surface area contributed by atoms with Crippen LogP contribution >= 0.6 is 11.3 Å². The highest BCUT2D eigenvalue weighted by atomic mass is 32.2. The molecular formula is C18H23FN2O2S2. The van der Waals surface area contributed by atoms with Crippen LogP contribution in [-0.4, -0.2) is 38.9 Å². The molecule has 1 aliphatic rings. The molecule has 1 fully saturated rings. The van der Waals surface area contributed by atoms with Gasteiger partial charge in [0.15, 0.2) is 0 Å². The highest BCUT2D eigenvalue weighted by molar-refractivity contribution is 7.91. The lowest BCUT2D eigenvalue weighted by Gasteiger charge is -2.35. The average molecular weight is 383 g/mol. The second-order valence-corrected chi connectivity index (χ2v) is 10.5. The topological polar surface area (TPSA) is 40.6 Å². The summed E-state index contributed by atoms with van der Waals surface area (Å²) in [6.07, 6.45) is 0. The molecule has 0 N–H and O–H groups in total. The minimum absolute atomic E-state index is 0.0558. The van der Waals surface area contributed by atoms with Crippen molar-refractivity contribution in [1.29, 1.82) is 0 Å². The van der Waals surface area contributed by atoms with Gasteiger partial charge in [0.1, 0.15) is 10.0 Å². The normalized spacial score (nSPS) is 17.0. The summed E-state index contributed by atoms with van der Waals surface area (Å²) in [7, 11) is -3.45. The molecule has 0 unspecified atom stereocenters. The number of hydrogen-bond donors (Lipinski definition) is 0. The number of rotatable bonds is 3. The summed E-state index contributed by atoms with van der Waals surface area (Å²) in [5.74, 6) is -0.266. The van der Waals surface area contributed by atoms with E-state index in [1.807, 2.05) is 6.07 Å². The fourth-order valence-corrected chi connectivity index (χ4v) is 5.77. The Morgan fingerprint density at radius 3 is 2.08 bits per heavy atom. The Kier molecular flexibility index (Phi) is 4.92. The van der Waals surface area contributed by atoms with E-state index in [-0.39, 0.29) is 11.2 Å². The molecular weight excluding hydrogens is 359 g/mol. The van der Waals surface area contributed by atoms with Crippen molar-refractivity contribution in [3.63, 3.8) is 0 Å². The van der Waals surface area contributed by atoms with Gasteiger partial charge in [0.2, 0.25) is 0 Å². The van der Waals surface area contributed by atoms with Crippen LogP contribution in [0.4, 0.5) is 10.1 Å². The number of benzene rings is 1. The van der Waals surface area contributed by atoms with Crippen molar-refractivity contribution in [2.75, 3.05) is 31.1 Å². The zero-order valence-corrected chi connectivity index (χ0v) is 16.3. The van der Waals surface area contributed by atoms with Crippen molar-refractivity contribution < 1.29 is 12.8 Å². The second kappa shape index (κ2) is 6.70. The number of anilines is 1. The molecule has 0 spiro atoms. The molecule has 1 aromatic heterocycles. The molecule has 3 rings (SSSR count). The van der Waals surface area contributed by atoms with Gasteiger partial charge in [0.05, 0.1) is 0 Å². The molecule has 7 heteroatoms. The van der Waals surface area contributed by atoms with Gasteiger partial charge in [-0.25, -0.2) is 12.8 Å². The Morgan fingerprint density at radius 2 is 1.56 bits per heavy atom. The molecule has 2 heterocycles. The Bertz CT molecular complexity index is 831. The van der Waals surface area contributed by atoms with E-state index in [9.17, 15) is 12.8 Å². The van der Waals surface area contributed by atoms with Crippen molar-refractivity contribution in [1.82, 2.24) is 4.31 Å². The highest BCUT2D eigenvalue weighted by Gasteiger charge is 2.30. The maximum Gasteiger partial charge on any atom is 0.252 e. The molecule has 1 aliphatic heterocycles. The van der Waals surface area contributed by atoms with Gasteiger partial charge in [-0.15, -0.1) is 11.3 Å². The predicted octanol–water partition coefficient (Wildman–Crippen LogP) is 3.70. The molecule has 2 aromatic rings. The maximum atomic E-state index is 13.0. The van der Waals surface area contributed by atoms with Gasteiger partial charge < -0.3 is 4.90 Å². The molecule has 1 saturated heterocycles. The number of hydrogen-bond acceptors (Lipinski definition) is 4. The lowest BCUT2D eigenvalue weighted by molar-refractivity contribution is 0.386. The van der Waals surface area contributed by atoms with E-state index in [0.29, 0.717) is 30.4 Å². The summed E-state index contributed by atoms with van der Waals surface area (Å²) in [6, 6.07) is 9.94. The fraction of sp³-hybridized carbons (Fsp3) is 0.444. The van der Waals surface area contributed by atoms with Crippen LogP contribution in [0.15, 0.2) is 40.6 Å². The van der Waals surface area contributed by atoms with Crippen LogP contribution in [0.5, 0.6) is 0 Å². The zero-order valence-electron chi connectivity index (χ0n) is 14.7. The molecule has 0 atom stereocenters. The maximum absolute atomic E-state index is 13.0. The van der Waals surface area contributed by atoms with Crippen LogP contribution in [-0.2, 0) is 15.4 Å². The van der Waals surface area contributed by atoms with Crippen molar-refractivity contribution in [2.24, 2.45) is 0 Å². The van der Waals surface area contributed by atoms with E-state index in [1.54, 1.807) is 22.5 Å². The monoisotopic (exact) mass is 382 g/mol. The number of nitrogens with zero attached hydrogens (tertiary/aromatic N) is 2. The predicted molar refractivity (Wildman–Crippen MR) is 100 cm³/mol. The quantitative estimate of drug-likeness (QED) is 0.813. The SMILES string of the molecule is CC(C)(C)c1ccc(S(=O)(=O)N2CCN(c3ccc(F)cc3)CC2)s1. The van der Waals surface area contributed by atoms with Crippen LogP contribution in [0, 0.1) is 5.82 Å². The van der Waals surface area contributed by atoms with Crippen molar-refractivity contribution in [3.8, 4) is 0 Å². The molecule has 0 radical (unpaired) electrons. The van der Waals surface area contributed by atoms with E-state index < -0.39 is 10.0 Å². The second-order valence-electron chi connectivity index (χ2n) is 7.24. The van der Waals surface area contributed by atoms with Gasteiger partial charge in [-0.2, -0.15) is 4.31 Å². The zero-order chi connectivity index (χ0) is 18.2. The van der Waals surface area contributed by atoms with E-state index in [4.69, 9.17) is 0 Å². The van der Waals surface area contributed by atoms with Gasteiger partial charge in [-0.05, 0) is 41.8 Å². The average Bonchev–Trinajstić information content (AvgIpc) is 3.07. The number of thiophene rings is 1. The highest BCUT2D eigenvalue weighted by Crippen LogP contribution is 2.33. The minimum atomic E-state index is -3.45. The number of sulfonamides is 1. The minimum Gasteiger partial charge on any atom is -0.369 e. The first-order valence-corrected chi connectivity index (χ1v) is 10.5. The van der Waals surface area contributed by atoms with Crippen LogP contribution in [0.3, 0.4) is 0 Å². The van der Waals surface area contributed by atoms with E-state index in [0.717, 1.165) is 10.6 Å². The Balaban J connectivity index is 1.71. The molecule has 25 heavy (non-hydrogen) atoms. The molecule has 136 valence electrons. The third kappa shape index (κ3) is 3.88. The smallest absolute Gasteiger partial charge is 0.252 e. The van der Waals surface area contributed by atoms with Crippen LogP contribution in [0.1, 0.15) is 25.6 Å². The third-order valence-electron chi connectivity index (χ3n) is 4.35. The van der Waals surface area contributed by atoms with Gasteiger partial charge in [0.25, 0.3) is 10.0 Å². The van der Waals surface area contributed by atoms with Gasteiger partial charge in [0, 0.05) is 36.7 Å². The first-order chi connectivity index (χ1) is 11.7. The summed E-state index contributed by atoms with van der Waals surface area (Å²) in [5.41, 5.74) is 0.865. The Morgan fingerprint density at radius 1 is 0.960 bits per heavy atom. The van der Waals surface area contributed by atoms with E-state index in [2.05, 4.69) is 25.7 Å². The first kappa shape index (κ1) is 18.4. The Hall–Kier alpha value is -1.44. The summed E-state index contributed by atoms with van der Waals surface area (Å²) >= 11 is 1.35. The van der Waals surface area contributed by atoms with Crippen LogP contribution in [0.25, 0.3) is 0 Å². The summed E-state index contributed by atoms with van der Waals surface area (Å²) < 4.78 is 40.8. The van der Waals surface area contributed by atoms with Crippen molar-refractivity contribution in [3.05, 3.63) is 47.1 Å². The van der Waals surface area contributed by atoms with Crippen LogP contribution < -0.4 is 4.90 Å². The fourth-order valence-electron chi connectivity index (χ4n) is 2.83. The summed E-state index contributed by atoms with van der Waals surface area (Å²) in [6.45, 7) is 8.31. The third-order valence-corrected chi connectivity index (χ3v) is 8.22. The molecule has 0 saturated carbocycles. The van der Waals surface area contributed by atoms with E-state index in [1.165, 1.54) is 23.5 Å². The molecule has 0 aliphatic carbocycles. The standard InChI is InChI=1S/C18H23FN2O2S2/c1-18(2,3)16-8-9-17(24-16)25(22,23)21-12-10-20(11-13-21)15-6-4-14(19)5-7-15/h4-9H,10-13H2,1-3H3. The summed E-state index contributed by atoms with van der Waals surface area (Å²) in [5, 5.41) is 0. The molecule has 1 aromatic carbocycles. The van der Waals surface area contributed by atoms with Gasteiger partial charge in [-0.3, -0.25) is 0 Å². The Labute approximate surface area is 152 Å².